The Morgan fingerprint density at radius 2 is 0.854 bits per heavy atom. The Bertz CT molecular complexity index is 6240. The molecule has 5 fully saturated rings. The molecule has 5 aromatic heterocycles. The number of hydrogen-bond donors (Lipinski definition) is 12. The highest BCUT2D eigenvalue weighted by atomic mass is 35.5. The largest absolute Gasteiger partial charge is 0.394 e. The predicted octanol–water partition coefficient (Wildman–Crippen LogP) is 11.6. The third-order valence-corrected chi connectivity index (χ3v) is 27.4. The maximum absolute atomic E-state index is 13.7. The van der Waals surface area contributed by atoms with E-state index in [0.29, 0.717) is 226 Å². The van der Waals surface area contributed by atoms with Gasteiger partial charge < -0.3 is 76.7 Å². The molecule has 0 spiro atoms. The molecule has 2 bridgehead atoms. The van der Waals surface area contributed by atoms with Crippen molar-refractivity contribution < 1.29 is 81.7 Å². The van der Waals surface area contributed by atoms with E-state index >= 15 is 0 Å². The summed E-state index contributed by atoms with van der Waals surface area (Å²) in [6.07, 6.45) is 10.1. The van der Waals surface area contributed by atoms with Crippen LogP contribution in [0.2, 0.25) is 15.1 Å². The van der Waals surface area contributed by atoms with Crippen LogP contribution >= 0.6 is 34.8 Å². The second kappa shape index (κ2) is 36.8. The van der Waals surface area contributed by atoms with Crippen molar-refractivity contribution in [3.05, 3.63) is 218 Å². The summed E-state index contributed by atoms with van der Waals surface area (Å²) in [5.41, 5.74) is 14.4. The second-order valence-corrected chi connectivity index (χ2v) is 36.6. The molecule has 9 aliphatic rings. The van der Waals surface area contributed by atoms with Gasteiger partial charge in [0.1, 0.15) is 34.6 Å². The number of nitrogens with one attached hydrogen (secondary N) is 9. The van der Waals surface area contributed by atoms with Crippen LogP contribution in [0.5, 0.6) is 0 Å². The molecule has 5 aliphatic carbocycles. The Labute approximate surface area is 762 Å². The number of aryl methyl sites for hydroxylation is 3. The minimum atomic E-state index is -1.32. The number of hydrogen-bond acceptors (Lipinski definition) is 18. The number of Topliss-reactive ketones (excluding diaryl/α,β-unsaturated/α-hetero) is 5. The number of amides is 9. The number of aromatic nitrogens is 7. The number of primary amides is 1. The van der Waals surface area contributed by atoms with Crippen molar-refractivity contribution in [1.82, 2.24) is 54.9 Å². The molecule has 9 heterocycles. The van der Waals surface area contributed by atoms with Crippen LogP contribution < -0.4 is 48.3 Å². The van der Waals surface area contributed by atoms with E-state index in [2.05, 4.69) is 57.9 Å². The number of nitrogens with two attached hydrogens (primary N) is 1. The molecule has 1 atom stereocenters. The number of rotatable bonds is 27. The number of benzene rings is 4. The maximum atomic E-state index is 13.7. The second-order valence-electron chi connectivity index (χ2n) is 35.4. The van der Waals surface area contributed by atoms with E-state index in [-0.39, 0.29) is 40.2 Å². The van der Waals surface area contributed by atoms with E-state index < -0.39 is 106 Å². The Balaban J connectivity index is 0.000000140. The monoisotopic (exact) mass is 1830 g/mol. The lowest BCUT2D eigenvalue weighted by atomic mass is 9.39. The summed E-state index contributed by atoms with van der Waals surface area (Å²) in [5.74, 6) is -7.85. The number of H-pyrrole nitrogens is 1. The van der Waals surface area contributed by atoms with E-state index in [1.54, 1.807) is 112 Å². The molecule has 9 aromatic rings. The number of anilines is 4. The van der Waals surface area contributed by atoms with E-state index in [4.69, 9.17) is 40.5 Å². The molecule has 32 nitrogen and oxygen atoms in total. The minimum absolute atomic E-state index is 0.0608. The molecule has 18 rings (SSSR count). The third kappa shape index (κ3) is 18.0. The summed E-state index contributed by atoms with van der Waals surface area (Å²) in [4.78, 5) is 180. The van der Waals surface area contributed by atoms with Crippen molar-refractivity contribution in [2.75, 3.05) is 34.5 Å². The highest BCUT2D eigenvalue weighted by molar-refractivity contribution is 6.46. The quantitative estimate of drug-likeness (QED) is 0.0168. The van der Waals surface area contributed by atoms with Crippen LogP contribution in [0.15, 0.2) is 85.1 Å². The van der Waals surface area contributed by atoms with E-state index in [1.165, 1.54) is 13.8 Å². The smallest absolute Gasteiger partial charge is 0.293 e. The standard InChI is InChI=1S/C24H25ClN4O4.C24H26ClN3O4.C24H25FN6O3.C22H26ClN3O5/c1-12-5-6-14(8-15(12)25)27-20(31)18-13(2)17(16-4-3-7-29(16)18)19(30)21(32)28-24-9-23(10-24,11-24)22(26)33;1-4-18(29)24(9-10-24)27-23(32)21(30)19-14(3)20(28-11-5-6-17(19)28)22(31)26-15-8-7-13(2)16(25)12-15;1-13-19(21(32)23(34)28-24(8-9-24)18-12-26-30-29-18)17-7-4-10-31(17)20(13)22(33)27-16-6-3-5-15(11-16)14(2)25;1-12-6-7-14(9-15(12)23)24-20(30)18-13(2)17(16-5-4-8-26(16)18)19(29)21(31)25-22(3,10-27)11-28/h5-6,8H,3-4,7,9-11H2,1-2H3,(H2,26,33)(H,27,31)(H,28,32);7-8,12H,4-6,9-11H2,1-3H3,(H,26,31)(H,27,32);3,5-6,11-12,14H,4,7-10H2,1-2H3,(H,27,33)(H,28,34)(H,26,29,30);6-7,9,27-28H,4-5,8,10-11H2,1-3H3,(H,24,30)(H,25,31). The van der Waals surface area contributed by atoms with Crippen molar-refractivity contribution in [2.45, 2.75) is 226 Å². The summed E-state index contributed by atoms with van der Waals surface area (Å²) >= 11 is 18.5. The first-order valence-corrected chi connectivity index (χ1v) is 44.3. The van der Waals surface area contributed by atoms with Crippen LogP contribution in [0, 0.1) is 53.9 Å². The number of halogens is 4. The highest BCUT2D eigenvalue weighted by Crippen LogP contribution is 2.67. The number of carbonyl (C=O) groups is 14. The lowest BCUT2D eigenvalue weighted by molar-refractivity contribution is -0.179. The number of carbonyl (C=O) groups excluding carboxylic acids is 14. The van der Waals surface area contributed by atoms with Crippen molar-refractivity contribution in [1.29, 1.82) is 0 Å². The Morgan fingerprint density at radius 1 is 0.500 bits per heavy atom. The van der Waals surface area contributed by atoms with Gasteiger partial charge in [-0.1, -0.05) is 72.1 Å². The molecule has 1 unspecified atom stereocenters. The van der Waals surface area contributed by atoms with Crippen molar-refractivity contribution in [2.24, 2.45) is 11.1 Å². The molecule has 130 heavy (non-hydrogen) atoms. The summed E-state index contributed by atoms with van der Waals surface area (Å²) in [7, 11) is 0. The SMILES string of the molecule is CCC(=O)C1(NC(=O)C(=O)c2c(C)c(C(=O)Nc3ccc(C)c(Cl)c3)n3c2CCC3)CC1.Cc1c(C(=O)C(=O)NC2(c3cn[nH]n3)CC2)c2n(c1C(=O)Nc1cccc(C(C)F)c1)CCC2.Cc1ccc(NC(=O)c2c(C)c(C(=O)C(=O)NC(C)(CO)CO)c3n2CCC3)cc1Cl.Cc1ccc(NC(=O)c2c(C)c(C(=O)C(=O)NC34CC(C(N)=O)(C3)C4)c3n2CCC3)cc1Cl. The number of fused-ring (bicyclic) bond motifs is 4. The molecular formula is C94H102Cl3FN16O16. The third-order valence-electron chi connectivity index (χ3n) is 26.1. The summed E-state index contributed by atoms with van der Waals surface area (Å²) < 4.78 is 21.0. The molecule has 13 N–H and O–H groups in total. The topological polar surface area (TPSA) is 463 Å². The van der Waals surface area contributed by atoms with Gasteiger partial charge in [0, 0.05) is 98.7 Å². The average Bonchev–Trinajstić information content (AvgIpc) is 0.759. The number of alkyl halides is 1. The summed E-state index contributed by atoms with van der Waals surface area (Å²) in [6, 6.07) is 22.3. The zero-order valence-corrected chi connectivity index (χ0v) is 75.9. The Hall–Kier alpha value is -12.6. The molecule has 4 aliphatic heterocycles. The predicted molar refractivity (Wildman–Crippen MR) is 482 cm³/mol. The van der Waals surface area contributed by atoms with E-state index in [9.17, 15) is 81.7 Å². The van der Waals surface area contributed by atoms with Gasteiger partial charge in [0.25, 0.3) is 70.4 Å². The lowest BCUT2D eigenvalue weighted by Gasteiger charge is -2.68. The van der Waals surface area contributed by atoms with Gasteiger partial charge in [0.2, 0.25) is 5.91 Å². The van der Waals surface area contributed by atoms with Crippen molar-refractivity contribution in [3.63, 3.8) is 0 Å². The molecule has 9 amide bonds. The number of aromatic amines is 1. The summed E-state index contributed by atoms with van der Waals surface area (Å²) in [6.45, 7) is 18.2. The number of nitrogens with zero attached hydrogens (tertiary/aromatic N) is 6. The van der Waals surface area contributed by atoms with E-state index in [0.717, 1.165) is 42.4 Å². The number of aliphatic hydroxyl groups is 2. The van der Waals surface area contributed by atoms with Gasteiger partial charge in [-0.2, -0.15) is 15.4 Å². The fraction of sp³-hybridized carbons (Fsp3) is 0.404. The van der Waals surface area contributed by atoms with Crippen LogP contribution in [-0.4, -0.2) is 156 Å². The van der Waals surface area contributed by atoms with Crippen LogP contribution in [0.4, 0.5) is 27.1 Å². The Kier molecular flexibility index (Phi) is 26.5. The Morgan fingerprint density at radius 3 is 1.17 bits per heavy atom. The average molecular weight is 1840 g/mol. The normalized spacial score (nSPS) is 17.5. The van der Waals surface area contributed by atoms with E-state index in [1.807, 2.05) is 46.6 Å². The van der Waals surface area contributed by atoms with Gasteiger partial charge in [0.15, 0.2) is 5.78 Å². The van der Waals surface area contributed by atoms with Gasteiger partial charge in [-0.25, -0.2) is 4.39 Å². The number of ketones is 5. The highest BCUT2D eigenvalue weighted by Gasteiger charge is 2.72. The molecule has 4 aromatic carbocycles. The van der Waals surface area contributed by atoms with Crippen LogP contribution in [0.25, 0.3) is 0 Å². The van der Waals surface area contributed by atoms with Gasteiger partial charge in [-0.3, -0.25) is 67.1 Å². The zero-order chi connectivity index (χ0) is 93.9. The molecular weight excluding hydrogens is 1730 g/mol. The molecule has 5 saturated carbocycles. The maximum Gasteiger partial charge on any atom is 0.293 e. The first-order chi connectivity index (χ1) is 61.7. The number of aliphatic hydroxyl groups excluding tert-OH is 2. The van der Waals surface area contributed by atoms with Crippen LogP contribution in [-0.2, 0) is 86.2 Å². The minimum Gasteiger partial charge on any atom is -0.394 e. The first-order valence-electron chi connectivity index (χ1n) is 43.2. The molecule has 0 saturated heterocycles. The zero-order valence-electron chi connectivity index (χ0n) is 73.6. The lowest BCUT2D eigenvalue weighted by Crippen LogP contribution is -2.78. The van der Waals surface area contributed by atoms with Crippen LogP contribution in [0.3, 0.4) is 0 Å². The van der Waals surface area contributed by atoms with Crippen molar-refractivity contribution in [3.8, 4) is 0 Å². The van der Waals surface area contributed by atoms with Crippen molar-refractivity contribution >= 4 is 140 Å². The van der Waals surface area contributed by atoms with Crippen LogP contribution in [0.1, 0.15) is 260 Å². The molecule has 682 valence electrons. The van der Waals surface area contributed by atoms with Gasteiger partial charge in [-0.15, -0.1) is 0 Å². The summed E-state index contributed by atoms with van der Waals surface area (Å²) in [5, 5.41) is 52.8. The fourth-order valence-electron chi connectivity index (χ4n) is 18.8. The van der Waals surface area contributed by atoms with Gasteiger partial charge in [0.05, 0.1) is 63.7 Å². The molecule has 0 radical (unpaired) electrons. The first kappa shape index (κ1) is 93.6. The van der Waals surface area contributed by atoms with Gasteiger partial charge in [-0.05, 0) is 252 Å². The fourth-order valence-corrected chi connectivity index (χ4v) is 19.3. The van der Waals surface area contributed by atoms with Gasteiger partial charge >= 0.3 is 0 Å². The molecule has 36 heteroatoms.